The number of nitrogens with zero attached hydrogens (tertiary/aromatic N) is 2. The number of benzene rings is 1. The standard InChI is InChI=1S/C17H17FN2O2/c18-14-7-4-13(5-8-14)6-9-16(21)15(12-19)17(22)20-10-2-1-3-11-20/h4-9,15H,1-3,10-11H2/b9-6+/t15-/m1/s1. The largest absolute Gasteiger partial charge is 0.341 e. The van der Waals surface area contributed by atoms with E-state index in [2.05, 4.69) is 0 Å². The van der Waals surface area contributed by atoms with Crippen LogP contribution in [0.25, 0.3) is 6.08 Å². The molecule has 0 spiro atoms. The van der Waals surface area contributed by atoms with Gasteiger partial charge in [-0.2, -0.15) is 5.26 Å². The minimum atomic E-state index is -1.30. The van der Waals surface area contributed by atoms with Gasteiger partial charge in [0.15, 0.2) is 11.7 Å². The van der Waals surface area contributed by atoms with Crippen LogP contribution in [0.15, 0.2) is 30.3 Å². The molecule has 1 aliphatic rings. The van der Waals surface area contributed by atoms with E-state index >= 15 is 0 Å². The molecule has 0 radical (unpaired) electrons. The lowest BCUT2D eigenvalue weighted by Crippen LogP contribution is -2.41. The first kappa shape index (κ1) is 15.9. The number of hydrogen-bond acceptors (Lipinski definition) is 3. The van der Waals surface area contributed by atoms with Gasteiger partial charge in [0.25, 0.3) is 0 Å². The molecule has 1 amide bonds. The predicted molar refractivity (Wildman–Crippen MR) is 80.0 cm³/mol. The summed E-state index contributed by atoms with van der Waals surface area (Å²) in [5.74, 6) is -2.62. The molecule has 1 aromatic rings. The van der Waals surface area contributed by atoms with Crippen LogP contribution >= 0.6 is 0 Å². The van der Waals surface area contributed by atoms with Crippen LogP contribution in [0.2, 0.25) is 0 Å². The van der Waals surface area contributed by atoms with Gasteiger partial charge in [-0.1, -0.05) is 18.2 Å². The molecule has 114 valence electrons. The summed E-state index contributed by atoms with van der Waals surface area (Å²) in [4.78, 5) is 25.9. The number of amides is 1. The third-order valence-corrected chi connectivity index (χ3v) is 3.64. The fourth-order valence-electron chi connectivity index (χ4n) is 2.39. The summed E-state index contributed by atoms with van der Waals surface area (Å²) in [6, 6.07) is 7.40. The Kier molecular flexibility index (Phi) is 5.42. The van der Waals surface area contributed by atoms with E-state index in [1.54, 1.807) is 11.0 Å². The van der Waals surface area contributed by atoms with Crippen LogP contribution in [0, 0.1) is 23.1 Å². The van der Waals surface area contributed by atoms with Crippen LogP contribution in [0.4, 0.5) is 4.39 Å². The molecule has 1 saturated heterocycles. The summed E-state index contributed by atoms with van der Waals surface area (Å²) >= 11 is 0. The number of ketones is 1. The SMILES string of the molecule is N#C[C@H](C(=O)/C=C/c1ccc(F)cc1)C(=O)N1CCCCC1. The molecule has 1 heterocycles. The minimum absolute atomic E-state index is 0.362. The highest BCUT2D eigenvalue weighted by atomic mass is 19.1. The normalized spacial score (nSPS) is 16.3. The second kappa shape index (κ2) is 7.51. The minimum Gasteiger partial charge on any atom is -0.341 e. The fourth-order valence-corrected chi connectivity index (χ4v) is 2.39. The van der Waals surface area contributed by atoms with E-state index in [0.29, 0.717) is 18.7 Å². The summed E-state index contributed by atoms with van der Waals surface area (Å²) in [6.07, 6.45) is 5.57. The molecule has 0 saturated carbocycles. The topological polar surface area (TPSA) is 61.2 Å². The number of nitriles is 1. The first-order valence-electron chi connectivity index (χ1n) is 7.27. The molecule has 1 aliphatic heterocycles. The van der Waals surface area contributed by atoms with E-state index in [0.717, 1.165) is 19.3 Å². The van der Waals surface area contributed by atoms with Gasteiger partial charge in [0.2, 0.25) is 5.91 Å². The van der Waals surface area contributed by atoms with Gasteiger partial charge in [0.1, 0.15) is 5.82 Å². The highest BCUT2D eigenvalue weighted by molar-refractivity contribution is 6.10. The maximum Gasteiger partial charge on any atom is 0.247 e. The van der Waals surface area contributed by atoms with Crippen molar-refractivity contribution in [3.8, 4) is 6.07 Å². The van der Waals surface area contributed by atoms with Gasteiger partial charge in [-0.15, -0.1) is 0 Å². The number of hydrogen-bond donors (Lipinski definition) is 0. The quantitative estimate of drug-likeness (QED) is 0.634. The van der Waals surface area contributed by atoms with Gasteiger partial charge in [0, 0.05) is 13.1 Å². The van der Waals surface area contributed by atoms with Crippen molar-refractivity contribution in [3.63, 3.8) is 0 Å². The van der Waals surface area contributed by atoms with Crippen molar-refractivity contribution < 1.29 is 14.0 Å². The first-order chi connectivity index (χ1) is 10.6. The maximum atomic E-state index is 12.8. The Morgan fingerprint density at radius 1 is 1.18 bits per heavy atom. The molecular weight excluding hydrogens is 283 g/mol. The molecule has 1 atom stereocenters. The van der Waals surface area contributed by atoms with Crippen LogP contribution < -0.4 is 0 Å². The van der Waals surface area contributed by atoms with Gasteiger partial charge in [0.05, 0.1) is 6.07 Å². The average Bonchev–Trinajstić information content (AvgIpc) is 2.55. The van der Waals surface area contributed by atoms with Crippen molar-refractivity contribution in [1.29, 1.82) is 5.26 Å². The van der Waals surface area contributed by atoms with Crippen molar-refractivity contribution in [1.82, 2.24) is 4.90 Å². The van der Waals surface area contributed by atoms with Gasteiger partial charge in [-0.3, -0.25) is 9.59 Å². The van der Waals surface area contributed by atoms with E-state index in [1.807, 2.05) is 0 Å². The summed E-state index contributed by atoms with van der Waals surface area (Å²) in [6.45, 7) is 1.21. The molecule has 2 rings (SSSR count). The Bertz CT molecular complexity index is 611. The zero-order valence-corrected chi connectivity index (χ0v) is 12.2. The van der Waals surface area contributed by atoms with E-state index in [-0.39, 0.29) is 5.82 Å². The number of allylic oxidation sites excluding steroid dienone is 1. The Morgan fingerprint density at radius 3 is 2.41 bits per heavy atom. The summed E-state index contributed by atoms with van der Waals surface area (Å²) in [5, 5.41) is 9.13. The Hall–Kier alpha value is -2.48. The number of carbonyl (C=O) groups excluding carboxylic acids is 2. The second-order valence-corrected chi connectivity index (χ2v) is 5.24. The van der Waals surface area contributed by atoms with E-state index < -0.39 is 17.6 Å². The molecule has 0 unspecified atom stereocenters. The molecule has 0 bridgehead atoms. The lowest BCUT2D eigenvalue weighted by atomic mass is 10.0. The average molecular weight is 300 g/mol. The first-order valence-corrected chi connectivity index (χ1v) is 7.27. The Balaban J connectivity index is 2.03. The number of carbonyl (C=O) groups is 2. The van der Waals surface area contributed by atoms with Crippen LogP contribution in [-0.2, 0) is 9.59 Å². The smallest absolute Gasteiger partial charge is 0.247 e. The van der Waals surface area contributed by atoms with Crippen LogP contribution in [0.3, 0.4) is 0 Å². The zero-order valence-electron chi connectivity index (χ0n) is 12.2. The maximum absolute atomic E-state index is 12.8. The monoisotopic (exact) mass is 300 g/mol. The molecule has 0 aromatic heterocycles. The van der Waals surface area contributed by atoms with Gasteiger partial charge in [-0.25, -0.2) is 4.39 Å². The molecule has 1 aromatic carbocycles. The van der Waals surface area contributed by atoms with Crippen LogP contribution in [-0.4, -0.2) is 29.7 Å². The van der Waals surface area contributed by atoms with Crippen molar-refractivity contribution in [2.45, 2.75) is 19.3 Å². The number of rotatable bonds is 4. The summed E-state index contributed by atoms with van der Waals surface area (Å²) < 4.78 is 12.8. The molecule has 4 nitrogen and oxygen atoms in total. The van der Waals surface area contributed by atoms with Gasteiger partial charge >= 0.3 is 0 Å². The van der Waals surface area contributed by atoms with Crippen molar-refractivity contribution >= 4 is 17.8 Å². The predicted octanol–water partition coefficient (Wildman–Crippen LogP) is 2.56. The lowest BCUT2D eigenvalue weighted by Gasteiger charge is -2.27. The zero-order chi connectivity index (χ0) is 15.9. The van der Waals surface area contributed by atoms with E-state index in [4.69, 9.17) is 5.26 Å². The molecule has 22 heavy (non-hydrogen) atoms. The second-order valence-electron chi connectivity index (χ2n) is 5.24. The van der Waals surface area contributed by atoms with Crippen molar-refractivity contribution in [2.75, 3.05) is 13.1 Å². The lowest BCUT2D eigenvalue weighted by molar-refractivity contribution is -0.138. The molecule has 0 aliphatic carbocycles. The molecular formula is C17H17FN2O2. The van der Waals surface area contributed by atoms with E-state index in [1.165, 1.54) is 36.4 Å². The highest BCUT2D eigenvalue weighted by Gasteiger charge is 2.29. The fraction of sp³-hybridized carbons (Fsp3) is 0.353. The van der Waals surface area contributed by atoms with Crippen molar-refractivity contribution in [2.24, 2.45) is 5.92 Å². The third kappa shape index (κ3) is 4.01. The van der Waals surface area contributed by atoms with Gasteiger partial charge in [-0.05, 0) is 43.0 Å². The highest BCUT2D eigenvalue weighted by Crippen LogP contribution is 2.14. The molecule has 5 heteroatoms. The summed E-state index contributed by atoms with van der Waals surface area (Å²) in [5.41, 5.74) is 0.636. The molecule has 1 fully saturated rings. The van der Waals surface area contributed by atoms with Crippen LogP contribution in [0.5, 0.6) is 0 Å². The Labute approximate surface area is 128 Å². The number of halogens is 1. The van der Waals surface area contributed by atoms with Gasteiger partial charge < -0.3 is 4.90 Å². The third-order valence-electron chi connectivity index (χ3n) is 3.64. The van der Waals surface area contributed by atoms with Crippen LogP contribution in [0.1, 0.15) is 24.8 Å². The molecule has 0 N–H and O–H groups in total. The summed E-state index contributed by atoms with van der Waals surface area (Å²) in [7, 11) is 0. The number of piperidine rings is 1. The van der Waals surface area contributed by atoms with E-state index in [9.17, 15) is 14.0 Å². The Morgan fingerprint density at radius 2 is 1.82 bits per heavy atom. The number of likely N-dealkylation sites (tertiary alicyclic amines) is 1. The van der Waals surface area contributed by atoms with Crippen molar-refractivity contribution in [3.05, 3.63) is 41.7 Å².